The van der Waals surface area contributed by atoms with Crippen molar-refractivity contribution < 1.29 is 9.59 Å². The first kappa shape index (κ1) is 17.9. The van der Waals surface area contributed by atoms with Crippen molar-refractivity contribution >= 4 is 44.5 Å². The summed E-state index contributed by atoms with van der Waals surface area (Å²) in [5.74, 6) is -0.278. The van der Waals surface area contributed by atoms with Crippen molar-refractivity contribution in [3.05, 3.63) is 75.3 Å². The first-order valence-corrected chi connectivity index (χ1v) is 9.69. The van der Waals surface area contributed by atoms with Crippen LogP contribution in [0.5, 0.6) is 0 Å². The van der Waals surface area contributed by atoms with Crippen molar-refractivity contribution in [2.45, 2.75) is 33.2 Å². The zero-order valence-electron chi connectivity index (χ0n) is 15.8. The third-order valence-electron chi connectivity index (χ3n) is 5.18. The topological polar surface area (TPSA) is 37.4 Å². The zero-order valence-corrected chi connectivity index (χ0v) is 17.3. The summed E-state index contributed by atoms with van der Waals surface area (Å²) in [6.45, 7) is 8.15. The number of benzene rings is 2. The Bertz CT molecular complexity index is 1060. The number of hydrogen-bond acceptors (Lipinski definition) is 2. The minimum absolute atomic E-state index is 0.115. The van der Waals surface area contributed by atoms with E-state index in [1.165, 1.54) is 6.08 Å². The van der Waals surface area contributed by atoms with E-state index in [1.54, 1.807) is 12.1 Å². The number of amides is 1. The fraction of sp³-hybridized carbons (Fsp3) is 0.217. The van der Waals surface area contributed by atoms with Crippen molar-refractivity contribution in [3.63, 3.8) is 0 Å². The van der Waals surface area contributed by atoms with Gasteiger partial charge in [0, 0.05) is 21.2 Å². The van der Waals surface area contributed by atoms with E-state index in [1.807, 2.05) is 43.9 Å². The molecule has 2 aromatic carbocycles. The molecule has 0 unspecified atom stereocenters. The van der Waals surface area contributed by atoms with Crippen LogP contribution in [0, 0.1) is 6.92 Å². The number of ketones is 1. The van der Waals surface area contributed by atoms with E-state index < -0.39 is 5.54 Å². The van der Waals surface area contributed by atoms with E-state index in [-0.39, 0.29) is 11.7 Å². The Labute approximate surface area is 167 Å². The smallest absolute Gasteiger partial charge is 0.259 e. The maximum atomic E-state index is 13.3. The van der Waals surface area contributed by atoms with Gasteiger partial charge in [-0.1, -0.05) is 22.0 Å². The summed E-state index contributed by atoms with van der Waals surface area (Å²) in [4.78, 5) is 27.9. The second-order valence-electron chi connectivity index (χ2n) is 7.76. The Morgan fingerprint density at radius 2 is 1.70 bits per heavy atom. The van der Waals surface area contributed by atoms with Crippen LogP contribution in [0.15, 0.2) is 53.0 Å². The van der Waals surface area contributed by atoms with Gasteiger partial charge in [-0.3, -0.25) is 14.5 Å². The number of halogens is 1. The Hall–Kier alpha value is -2.46. The highest BCUT2D eigenvalue weighted by molar-refractivity contribution is 9.10. The molecule has 0 radical (unpaired) electrons. The Morgan fingerprint density at radius 1 is 1.07 bits per heavy atom. The first-order valence-electron chi connectivity index (χ1n) is 8.90. The molecule has 0 saturated carbocycles. The van der Waals surface area contributed by atoms with Crippen LogP contribution in [0.25, 0.3) is 11.1 Å². The predicted molar refractivity (Wildman–Crippen MR) is 113 cm³/mol. The summed E-state index contributed by atoms with van der Waals surface area (Å²) in [5, 5.41) is 0. The monoisotopic (exact) mass is 421 g/mol. The second kappa shape index (κ2) is 6.03. The number of anilines is 1. The maximum absolute atomic E-state index is 13.3. The normalized spacial score (nSPS) is 18.6. The van der Waals surface area contributed by atoms with Gasteiger partial charge in [0.1, 0.15) is 0 Å². The molecular formula is C23H20BrNO2. The molecule has 0 spiro atoms. The number of allylic oxidation sites excluding steroid dienone is 2. The summed E-state index contributed by atoms with van der Waals surface area (Å²) in [7, 11) is 0. The van der Waals surface area contributed by atoms with Gasteiger partial charge in [-0.15, -0.1) is 0 Å². The van der Waals surface area contributed by atoms with E-state index >= 15 is 0 Å². The van der Waals surface area contributed by atoms with Crippen LogP contribution < -0.4 is 4.90 Å². The molecule has 3 nitrogen and oxygen atoms in total. The molecule has 2 aliphatic rings. The zero-order chi connectivity index (χ0) is 19.5. The van der Waals surface area contributed by atoms with Gasteiger partial charge < -0.3 is 0 Å². The number of rotatable bonds is 2. The van der Waals surface area contributed by atoms with Crippen LogP contribution in [-0.4, -0.2) is 17.2 Å². The van der Waals surface area contributed by atoms with Crippen LogP contribution in [0.2, 0.25) is 0 Å². The second-order valence-corrected chi connectivity index (χ2v) is 8.68. The molecule has 0 N–H and O–H groups in total. The summed E-state index contributed by atoms with van der Waals surface area (Å²) in [6, 6.07) is 11.3. The van der Waals surface area contributed by atoms with Gasteiger partial charge in [-0.05, 0) is 81.3 Å². The maximum Gasteiger partial charge on any atom is 0.259 e. The van der Waals surface area contributed by atoms with Crippen LogP contribution in [-0.2, 0) is 4.79 Å². The van der Waals surface area contributed by atoms with E-state index in [2.05, 4.69) is 35.0 Å². The lowest BCUT2D eigenvalue weighted by Gasteiger charge is -2.38. The molecule has 27 heavy (non-hydrogen) atoms. The van der Waals surface area contributed by atoms with Crippen molar-refractivity contribution in [1.29, 1.82) is 0 Å². The number of carbonyl (C=O) groups is 2. The van der Waals surface area contributed by atoms with Crippen LogP contribution in [0.3, 0.4) is 0 Å². The molecule has 0 saturated heterocycles. The summed E-state index contributed by atoms with van der Waals surface area (Å²) >= 11 is 3.38. The van der Waals surface area contributed by atoms with Crippen LogP contribution >= 0.6 is 15.9 Å². The number of aryl methyl sites for hydroxylation is 1. The Balaban J connectivity index is 1.89. The van der Waals surface area contributed by atoms with Gasteiger partial charge >= 0.3 is 0 Å². The summed E-state index contributed by atoms with van der Waals surface area (Å²) in [5.41, 5.74) is 5.67. The van der Waals surface area contributed by atoms with Crippen LogP contribution in [0.4, 0.5) is 5.69 Å². The lowest BCUT2D eigenvalue weighted by Crippen LogP contribution is -2.46. The largest absolute Gasteiger partial charge is 0.298 e. The molecule has 136 valence electrons. The highest BCUT2D eigenvalue weighted by Gasteiger charge is 2.44. The third kappa shape index (κ3) is 2.79. The van der Waals surface area contributed by atoms with Crippen molar-refractivity contribution in [2.75, 3.05) is 4.90 Å². The SMILES string of the molecule is CC1=CC(C)(C)N2C(=O)C(=CC(=O)c3ccc(Br)cc3)c3cc(C)cc1c32. The van der Waals surface area contributed by atoms with Gasteiger partial charge in [0.15, 0.2) is 5.78 Å². The Morgan fingerprint density at radius 3 is 2.37 bits per heavy atom. The summed E-state index contributed by atoms with van der Waals surface area (Å²) in [6.07, 6.45) is 3.61. The number of hydrogen-bond donors (Lipinski definition) is 0. The molecular weight excluding hydrogens is 402 g/mol. The van der Waals surface area contributed by atoms with Gasteiger partial charge in [-0.2, -0.15) is 0 Å². The molecule has 4 rings (SSSR count). The average molecular weight is 422 g/mol. The van der Waals surface area contributed by atoms with E-state index in [0.717, 1.165) is 32.4 Å². The number of nitrogens with zero attached hydrogens (tertiary/aromatic N) is 1. The molecule has 2 aromatic rings. The molecule has 0 atom stereocenters. The first-order chi connectivity index (χ1) is 12.7. The molecule has 4 heteroatoms. The fourth-order valence-electron chi connectivity index (χ4n) is 4.05. The molecule has 0 fully saturated rings. The third-order valence-corrected chi connectivity index (χ3v) is 5.71. The minimum atomic E-state index is -0.436. The van der Waals surface area contributed by atoms with Gasteiger partial charge in [0.2, 0.25) is 0 Å². The van der Waals surface area contributed by atoms with E-state index in [4.69, 9.17) is 0 Å². The van der Waals surface area contributed by atoms with E-state index in [9.17, 15) is 9.59 Å². The van der Waals surface area contributed by atoms with Crippen molar-refractivity contribution in [3.8, 4) is 0 Å². The fourth-order valence-corrected chi connectivity index (χ4v) is 4.32. The molecule has 0 bridgehead atoms. The van der Waals surface area contributed by atoms with Gasteiger partial charge in [0.05, 0.1) is 16.8 Å². The highest BCUT2D eigenvalue weighted by atomic mass is 79.9. The highest BCUT2D eigenvalue weighted by Crippen LogP contribution is 2.49. The average Bonchev–Trinajstić information content (AvgIpc) is 2.86. The van der Waals surface area contributed by atoms with Gasteiger partial charge in [0.25, 0.3) is 5.91 Å². The molecule has 2 heterocycles. The molecule has 1 amide bonds. The van der Waals surface area contributed by atoms with Gasteiger partial charge in [-0.25, -0.2) is 0 Å². The van der Waals surface area contributed by atoms with Crippen molar-refractivity contribution in [2.24, 2.45) is 0 Å². The standard InChI is InChI=1S/C23H20BrNO2/c1-13-9-17-14(2)12-23(3,4)25-21(17)18(10-13)19(22(25)27)11-20(26)15-5-7-16(24)8-6-15/h5-12H,1-4H3. The van der Waals surface area contributed by atoms with Crippen molar-refractivity contribution in [1.82, 2.24) is 0 Å². The molecule has 2 aliphatic heterocycles. The lowest BCUT2D eigenvalue weighted by molar-refractivity contribution is -0.113. The quantitative estimate of drug-likeness (QED) is 0.469. The minimum Gasteiger partial charge on any atom is -0.298 e. The number of carbonyl (C=O) groups excluding carboxylic acids is 2. The lowest BCUT2D eigenvalue weighted by atomic mass is 9.88. The summed E-state index contributed by atoms with van der Waals surface area (Å²) < 4.78 is 0.912. The predicted octanol–water partition coefficient (Wildman–Crippen LogP) is 5.57. The molecule has 0 aromatic heterocycles. The van der Waals surface area contributed by atoms with E-state index in [0.29, 0.717) is 11.1 Å². The van der Waals surface area contributed by atoms with Crippen LogP contribution in [0.1, 0.15) is 47.8 Å². The molecule has 0 aliphatic carbocycles. The Kier molecular flexibility index (Phi) is 4.00.